The lowest BCUT2D eigenvalue weighted by Gasteiger charge is -2.13. The lowest BCUT2D eigenvalue weighted by molar-refractivity contribution is 0.435. The average molecular weight is 174 g/mol. The maximum absolute atomic E-state index is 5.68. The summed E-state index contributed by atoms with van der Waals surface area (Å²) in [5, 5.41) is 2.75. The van der Waals surface area contributed by atoms with Crippen molar-refractivity contribution in [1.29, 1.82) is 0 Å². The zero-order valence-corrected chi connectivity index (χ0v) is 9.35. The highest BCUT2D eigenvalue weighted by atomic mass is 14.7. The topological polar surface area (TPSA) is 38.0 Å². The number of hydrogen-bond donors (Lipinski definition) is 2. The van der Waals surface area contributed by atoms with Gasteiger partial charge in [-0.3, -0.25) is 0 Å². The molecule has 0 aromatic rings. The summed E-state index contributed by atoms with van der Waals surface area (Å²) in [7, 11) is 3.75. The molecule has 0 heterocycles. The fourth-order valence-corrected chi connectivity index (χ4v) is 0.789. The van der Waals surface area contributed by atoms with Gasteiger partial charge in [0.05, 0.1) is 0 Å². The summed E-state index contributed by atoms with van der Waals surface area (Å²) in [4.78, 5) is 0. The molecular weight excluding hydrogens is 148 g/mol. The van der Waals surface area contributed by atoms with Gasteiger partial charge in [-0.25, -0.2) is 0 Å². The summed E-state index contributed by atoms with van der Waals surface area (Å²) < 4.78 is 0. The smallest absolute Gasteiger partial charge is 0.00361 e. The minimum absolute atomic E-state index is 0.372. The monoisotopic (exact) mass is 174 g/mol. The van der Waals surface area contributed by atoms with Gasteiger partial charge >= 0.3 is 0 Å². The second-order valence-electron chi connectivity index (χ2n) is 3.48. The molecule has 0 saturated heterocycles. The Balaban J connectivity index is 0. The van der Waals surface area contributed by atoms with E-state index in [9.17, 15) is 0 Å². The SMILES string of the molecule is CCCCC(C)C(C)N.CNC. The third kappa shape index (κ3) is 12.6. The molecule has 0 aliphatic heterocycles. The molecule has 0 aromatic carbocycles. The molecule has 0 rings (SSSR count). The van der Waals surface area contributed by atoms with Crippen LogP contribution in [0, 0.1) is 5.92 Å². The van der Waals surface area contributed by atoms with Crippen molar-refractivity contribution >= 4 is 0 Å². The summed E-state index contributed by atoms with van der Waals surface area (Å²) in [6, 6.07) is 0.372. The first-order valence-electron chi connectivity index (χ1n) is 4.94. The van der Waals surface area contributed by atoms with Gasteiger partial charge in [0, 0.05) is 6.04 Å². The second kappa shape index (κ2) is 10.9. The van der Waals surface area contributed by atoms with Crippen LogP contribution in [-0.4, -0.2) is 20.1 Å². The van der Waals surface area contributed by atoms with Crippen molar-refractivity contribution in [2.45, 2.75) is 46.1 Å². The largest absolute Gasteiger partial charge is 0.328 e. The molecule has 0 aliphatic rings. The van der Waals surface area contributed by atoms with E-state index in [0.29, 0.717) is 12.0 Å². The lowest BCUT2D eigenvalue weighted by Crippen LogP contribution is -2.23. The lowest BCUT2D eigenvalue weighted by atomic mass is 9.98. The van der Waals surface area contributed by atoms with Gasteiger partial charge in [0.15, 0.2) is 0 Å². The van der Waals surface area contributed by atoms with E-state index in [0.717, 1.165) is 0 Å². The van der Waals surface area contributed by atoms with Gasteiger partial charge in [-0.05, 0) is 33.4 Å². The van der Waals surface area contributed by atoms with Crippen molar-refractivity contribution in [3.05, 3.63) is 0 Å². The molecule has 0 spiro atoms. The van der Waals surface area contributed by atoms with Crippen molar-refractivity contribution in [2.75, 3.05) is 14.1 Å². The summed E-state index contributed by atoms with van der Waals surface area (Å²) in [6.07, 6.45) is 3.90. The Morgan fingerprint density at radius 3 is 1.92 bits per heavy atom. The summed E-state index contributed by atoms with van der Waals surface area (Å²) >= 11 is 0. The molecular formula is C10H26N2. The van der Waals surface area contributed by atoms with Gasteiger partial charge in [0.25, 0.3) is 0 Å². The van der Waals surface area contributed by atoms with Crippen molar-refractivity contribution in [1.82, 2.24) is 5.32 Å². The van der Waals surface area contributed by atoms with Crippen molar-refractivity contribution in [3.8, 4) is 0 Å². The molecule has 0 aromatic heterocycles. The van der Waals surface area contributed by atoms with E-state index in [1.807, 2.05) is 14.1 Å². The third-order valence-electron chi connectivity index (χ3n) is 1.91. The fraction of sp³-hybridized carbons (Fsp3) is 1.00. The molecule has 2 unspecified atom stereocenters. The minimum atomic E-state index is 0.372. The van der Waals surface area contributed by atoms with Gasteiger partial charge in [0.2, 0.25) is 0 Å². The standard InChI is InChI=1S/C8H19N.C2H7N/c1-4-5-6-7(2)8(3)9;1-3-2/h7-8H,4-6,9H2,1-3H3;3H,1-2H3. The van der Waals surface area contributed by atoms with Crippen LogP contribution in [0.5, 0.6) is 0 Å². The Bertz CT molecular complexity index is 72.2. The number of hydrogen-bond acceptors (Lipinski definition) is 2. The predicted octanol–water partition coefficient (Wildman–Crippen LogP) is 2.00. The van der Waals surface area contributed by atoms with Crippen LogP contribution in [-0.2, 0) is 0 Å². The summed E-state index contributed by atoms with van der Waals surface area (Å²) in [5.41, 5.74) is 5.68. The highest BCUT2D eigenvalue weighted by Crippen LogP contribution is 2.09. The molecule has 2 heteroatoms. The predicted molar refractivity (Wildman–Crippen MR) is 57.3 cm³/mol. The van der Waals surface area contributed by atoms with E-state index in [1.165, 1.54) is 19.3 Å². The van der Waals surface area contributed by atoms with E-state index in [2.05, 4.69) is 26.1 Å². The molecule has 0 aliphatic carbocycles. The highest BCUT2D eigenvalue weighted by molar-refractivity contribution is 4.62. The van der Waals surface area contributed by atoms with Crippen molar-refractivity contribution in [3.63, 3.8) is 0 Å². The Kier molecular flexibility index (Phi) is 13.1. The maximum atomic E-state index is 5.68. The molecule has 3 N–H and O–H groups in total. The fourth-order valence-electron chi connectivity index (χ4n) is 0.789. The molecule has 2 nitrogen and oxygen atoms in total. The van der Waals surface area contributed by atoms with Crippen LogP contribution in [0.3, 0.4) is 0 Å². The van der Waals surface area contributed by atoms with E-state index >= 15 is 0 Å². The Labute approximate surface area is 77.9 Å². The van der Waals surface area contributed by atoms with E-state index in [-0.39, 0.29) is 0 Å². The van der Waals surface area contributed by atoms with Crippen LogP contribution >= 0.6 is 0 Å². The first kappa shape index (κ1) is 14.4. The molecule has 76 valence electrons. The van der Waals surface area contributed by atoms with E-state index in [1.54, 1.807) is 0 Å². The van der Waals surface area contributed by atoms with Crippen LogP contribution in [0.25, 0.3) is 0 Å². The first-order chi connectivity index (χ1) is 5.59. The number of unbranched alkanes of at least 4 members (excludes halogenated alkanes) is 1. The minimum Gasteiger partial charge on any atom is -0.328 e. The van der Waals surface area contributed by atoms with Crippen molar-refractivity contribution in [2.24, 2.45) is 11.7 Å². The zero-order valence-electron chi connectivity index (χ0n) is 9.35. The zero-order chi connectivity index (χ0) is 9.98. The Morgan fingerprint density at radius 1 is 1.25 bits per heavy atom. The third-order valence-corrected chi connectivity index (χ3v) is 1.91. The summed E-state index contributed by atoms with van der Waals surface area (Å²) in [6.45, 7) is 6.52. The van der Waals surface area contributed by atoms with Gasteiger partial charge in [-0.1, -0.05) is 26.7 Å². The second-order valence-corrected chi connectivity index (χ2v) is 3.48. The molecule has 0 amide bonds. The molecule has 2 atom stereocenters. The van der Waals surface area contributed by atoms with Crippen molar-refractivity contribution < 1.29 is 0 Å². The number of nitrogens with one attached hydrogen (secondary N) is 1. The van der Waals surface area contributed by atoms with Gasteiger partial charge in [0.1, 0.15) is 0 Å². The quantitative estimate of drug-likeness (QED) is 0.684. The van der Waals surface area contributed by atoms with Gasteiger partial charge in [-0.2, -0.15) is 0 Å². The van der Waals surface area contributed by atoms with E-state index in [4.69, 9.17) is 5.73 Å². The van der Waals surface area contributed by atoms with Gasteiger partial charge < -0.3 is 11.1 Å². The maximum Gasteiger partial charge on any atom is 0.00361 e. The Hall–Kier alpha value is -0.0800. The Morgan fingerprint density at radius 2 is 1.67 bits per heavy atom. The number of rotatable bonds is 4. The first-order valence-corrected chi connectivity index (χ1v) is 4.94. The molecule has 0 bridgehead atoms. The van der Waals surface area contributed by atoms with Crippen LogP contribution in [0.4, 0.5) is 0 Å². The van der Waals surface area contributed by atoms with Gasteiger partial charge in [-0.15, -0.1) is 0 Å². The highest BCUT2D eigenvalue weighted by Gasteiger charge is 2.04. The van der Waals surface area contributed by atoms with Crippen LogP contribution < -0.4 is 11.1 Å². The summed E-state index contributed by atoms with van der Waals surface area (Å²) in [5.74, 6) is 0.699. The normalized spacial score (nSPS) is 14.5. The number of nitrogens with two attached hydrogens (primary N) is 1. The molecule has 0 radical (unpaired) electrons. The molecule has 12 heavy (non-hydrogen) atoms. The molecule has 0 saturated carbocycles. The van der Waals surface area contributed by atoms with E-state index < -0.39 is 0 Å². The van der Waals surface area contributed by atoms with Crippen LogP contribution in [0.1, 0.15) is 40.0 Å². The van der Waals surface area contributed by atoms with Crippen LogP contribution in [0.15, 0.2) is 0 Å². The molecule has 0 fully saturated rings. The average Bonchev–Trinajstić information content (AvgIpc) is 2.01. The van der Waals surface area contributed by atoms with Crippen LogP contribution in [0.2, 0.25) is 0 Å².